The Morgan fingerprint density at radius 1 is 1.13 bits per heavy atom. The Morgan fingerprint density at radius 3 is 2.59 bits per heavy atom. The van der Waals surface area contributed by atoms with Crippen molar-refractivity contribution in [1.82, 2.24) is 20.2 Å². The molecule has 4 N–H and O–H groups in total. The van der Waals surface area contributed by atoms with Crippen molar-refractivity contribution in [3.05, 3.63) is 72.4 Å². The molecule has 10 nitrogen and oxygen atoms in total. The van der Waals surface area contributed by atoms with Gasteiger partial charge in [-0.2, -0.15) is 4.98 Å². The second-order valence-electron chi connectivity index (χ2n) is 9.93. The van der Waals surface area contributed by atoms with Crippen LogP contribution in [0.2, 0.25) is 0 Å². The summed E-state index contributed by atoms with van der Waals surface area (Å²) in [5, 5.41) is 20.2. The third-order valence-electron chi connectivity index (χ3n) is 7.23. The summed E-state index contributed by atoms with van der Waals surface area (Å²) in [5.74, 6) is 1.01. The quantitative estimate of drug-likeness (QED) is 0.309. The van der Waals surface area contributed by atoms with E-state index in [1.807, 2.05) is 37.3 Å². The maximum atomic E-state index is 12.9. The molecular weight excluding hydrogens is 494 g/mol. The first kappa shape index (κ1) is 26.5. The van der Waals surface area contributed by atoms with E-state index in [1.165, 1.54) is 11.9 Å². The van der Waals surface area contributed by atoms with Gasteiger partial charge in [0.1, 0.15) is 29.3 Å². The number of nitrogens with zero attached hydrogens (tertiary/aromatic N) is 4. The molecule has 3 heterocycles. The first-order valence-electron chi connectivity index (χ1n) is 13.2. The Bertz CT molecular complexity index is 1340. The number of carbonyl (C=O) groups is 1. The molecule has 0 bridgehead atoms. The number of ether oxygens (including phenoxy) is 1. The number of aromatic nitrogens is 2. The Balaban J connectivity index is 1.38. The van der Waals surface area contributed by atoms with E-state index in [9.17, 15) is 9.90 Å². The summed E-state index contributed by atoms with van der Waals surface area (Å²) >= 11 is 0. The third kappa shape index (κ3) is 5.81. The van der Waals surface area contributed by atoms with Crippen LogP contribution in [0, 0.1) is 0 Å². The molecular formula is C29H35N7O3. The highest BCUT2D eigenvalue weighted by Crippen LogP contribution is 2.41. The van der Waals surface area contributed by atoms with E-state index in [0.29, 0.717) is 41.7 Å². The number of hydrogen-bond donors (Lipinski definition) is 4. The summed E-state index contributed by atoms with van der Waals surface area (Å²) in [6.07, 6.45) is 3.63. The molecule has 3 aromatic rings. The summed E-state index contributed by atoms with van der Waals surface area (Å²) in [7, 11) is 2.14. The summed E-state index contributed by atoms with van der Waals surface area (Å²) in [5.41, 5.74) is 2.64. The molecule has 1 amide bonds. The van der Waals surface area contributed by atoms with Crippen LogP contribution in [0.4, 0.5) is 28.8 Å². The Hall–Kier alpha value is -4.15. The molecule has 2 aliphatic heterocycles. The van der Waals surface area contributed by atoms with Crippen molar-refractivity contribution in [2.75, 3.05) is 61.9 Å². The number of nitrogens with one attached hydrogen (secondary N) is 3. The molecule has 1 aromatic heterocycles. The molecule has 1 atom stereocenters. The molecule has 2 aliphatic rings. The average molecular weight is 530 g/mol. The smallest absolute Gasteiger partial charge is 0.256 e. The van der Waals surface area contributed by atoms with E-state index in [1.54, 1.807) is 6.08 Å². The molecule has 1 saturated heterocycles. The van der Waals surface area contributed by atoms with Gasteiger partial charge in [-0.25, -0.2) is 4.98 Å². The van der Waals surface area contributed by atoms with Crippen molar-refractivity contribution in [2.24, 2.45) is 0 Å². The van der Waals surface area contributed by atoms with Gasteiger partial charge in [0.2, 0.25) is 5.95 Å². The molecule has 0 aliphatic carbocycles. The highest BCUT2D eigenvalue weighted by atomic mass is 16.5. The lowest BCUT2D eigenvalue weighted by molar-refractivity contribution is 0.0129. The topological polar surface area (TPSA) is 115 Å². The molecule has 0 spiro atoms. The lowest BCUT2D eigenvalue weighted by atomic mass is 9.93. The first-order chi connectivity index (χ1) is 18.9. The van der Waals surface area contributed by atoms with Gasteiger partial charge in [-0.1, -0.05) is 13.0 Å². The second-order valence-corrected chi connectivity index (χ2v) is 9.93. The van der Waals surface area contributed by atoms with Crippen LogP contribution in [0.5, 0.6) is 5.75 Å². The Labute approximate surface area is 228 Å². The lowest BCUT2D eigenvalue weighted by Gasteiger charge is -2.34. The van der Waals surface area contributed by atoms with Gasteiger partial charge in [0, 0.05) is 61.5 Å². The molecule has 1 unspecified atom stereocenters. The van der Waals surface area contributed by atoms with Gasteiger partial charge >= 0.3 is 0 Å². The third-order valence-corrected chi connectivity index (χ3v) is 7.23. The van der Waals surface area contributed by atoms with Gasteiger partial charge in [-0.15, -0.1) is 6.58 Å². The van der Waals surface area contributed by atoms with Crippen molar-refractivity contribution >= 4 is 34.7 Å². The van der Waals surface area contributed by atoms with Crippen molar-refractivity contribution in [3.8, 4) is 5.75 Å². The Morgan fingerprint density at radius 2 is 1.87 bits per heavy atom. The molecule has 0 saturated carbocycles. The number of rotatable bonds is 9. The predicted molar refractivity (Wildman–Crippen MR) is 153 cm³/mol. The van der Waals surface area contributed by atoms with Crippen molar-refractivity contribution in [3.63, 3.8) is 0 Å². The minimum Gasteiger partial charge on any atom is -0.490 e. The lowest BCUT2D eigenvalue weighted by Crippen LogP contribution is -2.44. The summed E-state index contributed by atoms with van der Waals surface area (Å²) in [6.45, 7) is 10.2. The largest absolute Gasteiger partial charge is 0.490 e. The van der Waals surface area contributed by atoms with Crippen LogP contribution >= 0.6 is 0 Å². The second kappa shape index (κ2) is 11.3. The van der Waals surface area contributed by atoms with Crippen LogP contribution in [0.15, 0.2) is 61.3 Å². The maximum absolute atomic E-state index is 12.9. The standard InChI is InChI=1S/C29H35N7O3/c1-4-12-30-27(37)23-18-31-28(33-20-6-9-22(10-7-20)36-15-13-35(3)14-16-36)34-26(23)32-21-8-11-25-24(17-21)29(38,5-2)19-39-25/h4,6-11,17-18,38H,1,5,12-16,19H2,2-3H3,(H,30,37)(H2,31,32,33,34). The van der Waals surface area contributed by atoms with E-state index < -0.39 is 5.60 Å². The SMILES string of the molecule is C=CCNC(=O)c1cnc(Nc2ccc(N3CCN(C)CC3)cc2)nc1Nc1ccc2c(c1)C(O)(CC)CO2. The minimum atomic E-state index is -1.05. The number of anilines is 5. The molecule has 5 rings (SSSR count). The van der Waals surface area contributed by atoms with Crippen LogP contribution in [0.3, 0.4) is 0 Å². The molecule has 204 valence electrons. The van der Waals surface area contributed by atoms with Gasteiger partial charge in [-0.05, 0) is 55.9 Å². The summed E-state index contributed by atoms with van der Waals surface area (Å²) in [4.78, 5) is 26.6. The molecule has 0 radical (unpaired) electrons. The maximum Gasteiger partial charge on any atom is 0.256 e. The number of aliphatic hydroxyl groups is 1. The van der Waals surface area contributed by atoms with E-state index in [4.69, 9.17) is 4.74 Å². The van der Waals surface area contributed by atoms with E-state index >= 15 is 0 Å². The van der Waals surface area contributed by atoms with Gasteiger partial charge < -0.3 is 35.6 Å². The predicted octanol–water partition coefficient (Wildman–Crippen LogP) is 3.62. The number of benzene rings is 2. The van der Waals surface area contributed by atoms with Crippen LogP contribution in [-0.4, -0.2) is 72.3 Å². The van der Waals surface area contributed by atoms with E-state index in [0.717, 1.165) is 31.9 Å². The number of amides is 1. The van der Waals surface area contributed by atoms with Crippen LogP contribution in [0.1, 0.15) is 29.3 Å². The fraction of sp³-hybridized carbons (Fsp3) is 0.345. The first-order valence-corrected chi connectivity index (χ1v) is 13.2. The zero-order valence-corrected chi connectivity index (χ0v) is 22.4. The number of fused-ring (bicyclic) bond motifs is 1. The fourth-order valence-corrected chi connectivity index (χ4v) is 4.71. The number of likely N-dealkylation sites (N-methyl/N-ethyl adjacent to an activating group) is 1. The molecule has 1 fully saturated rings. The van der Waals surface area contributed by atoms with Crippen LogP contribution in [0.25, 0.3) is 0 Å². The highest BCUT2D eigenvalue weighted by molar-refractivity contribution is 5.99. The van der Waals surface area contributed by atoms with Crippen molar-refractivity contribution < 1.29 is 14.6 Å². The van der Waals surface area contributed by atoms with E-state index in [-0.39, 0.29) is 18.1 Å². The van der Waals surface area contributed by atoms with Gasteiger partial charge in [-0.3, -0.25) is 4.79 Å². The van der Waals surface area contributed by atoms with Gasteiger partial charge in [0.05, 0.1) is 0 Å². The zero-order chi connectivity index (χ0) is 27.4. The molecule has 10 heteroatoms. The van der Waals surface area contributed by atoms with Crippen LogP contribution < -0.4 is 25.6 Å². The average Bonchev–Trinajstić information content (AvgIpc) is 3.29. The summed E-state index contributed by atoms with van der Waals surface area (Å²) in [6, 6.07) is 13.7. The van der Waals surface area contributed by atoms with Crippen molar-refractivity contribution in [1.29, 1.82) is 0 Å². The monoisotopic (exact) mass is 529 g/mol. The highest BCUT2D eigenvalue weighted by Gasteiger charge is 2.37. The fourth-order valence-electron chi connectivity index (χ4n) is 4.71. The van der Waals surface area contributed by atoms with Crippen LogP contribution in [-0.2, 0) is 5.60 Å². The van der Waals surface area contributed by atoms with Gasteiger partial charge in [0.15, 0.2) is 0 Å². The van der Waals surface area contributed by atoms with E-state index in [2.05, 4.69) is 61.5 Å². The summed E-state index contributed by atoms with van der Waals surface area (Å²) < 4.78 is 5.66. The van der Waals surface area contributed by atoms with Gasteiger partial charge in [0.25, 0.3) is 5.91 Å². The molecule has 39 heavy (non-hydrogen) atoms. The normalized spacial score (nSPS) is 18.7. The number of carbonyl (C=O) groups excluding carboxylic acids is 1. The zero-order valence-electron chi connectivity index (χ0n) is 22.4. The minimum absolute atomic E-state index is 0.215. The number of piperazine rings is 1. The van der Waals surface area contributed by atoms with Crippen molar-refractivity contribution in [2.45, 2.75) is 18.9 Å². The number of hydrogen-bond acceptors (Lipinski definition) is 9. The molecule has 2 aromatic carbocycles. The Kier molecular flexibility index (Phi) is 7.67.